The van der Waals surface area contributed by atoms with Gasteiger partial charge in [-0.2, -0.15) is 0 Å². The van der Waals surface area contributed by atoms with E-state index >= 15 is 0 Å². The van der Waals surface area contributed by atoms with Crippen LogP contribution in [0.3, 0.4) is 0 Å². The second-order valence-electron chi connectivity index (χ2n) is 6.28. The molecule has 24 heavy (non-hydrogen) atoms. The van der Waals surface area contributed by atoms with E-state index in [1.165, 1.54) is 5.56 Å². The molecule has 128 valence electrons. The van der Waals surface area contributed by atoms with E-state index < -0.39 is 5.60 Å². The lowest BCUT2D eigenvalue weighted by molar-refractivity contribution is -0.0277. The number of hydrogen-bond donors (Lipinski definition) is 1. The third-order valence-corrected chi connectivity index (χ3v) is 5.87. The number of rotatable bonds is 4. The predicted molar refractivity (Wildman–Crippen MR) is 103 cm³/mol. The van der Waals surface area contributed by atoms with Crippen molar-refractivity contribution >= 4 is 31.9 Å². The van der Waals surface area contributed by atoms with Crippen molar-refractivity contribution in [3.8, 4) is 5.75 Å². The minimum atomic E-state index is -0.714. The van der Waals surface area contributed by atoms with Gasteiger partial charge < -0.3 is 9.84 Å². The first-order valence-corrected chi connectivity index (χ1v) is 9.62. The highest BCUT2D eigenvalue weighted by atomic mass is 79.9. The number of nitrogens with zero attached hydrogens (tertiary/aromatic N) is 1. The van der Waals surface area contributed by atoms with Crippen LogP contribution in [0.15, 0.2) is 51.4 Å². The molecule has 1 aliphatic heterocycles. The van der Waals surface area contributed by atoms with E-state index in [-0.39, 0.29) is 0 Å². The Kier molecular flexibility index (Phi) is 5.65. The summed E-state index contributed by atoms with van der Waals surface area (Å²) in [7, 11) is 1.68. The van der Waals surface area contributed by atoms with E-state index in [1.54, 1.807) is 7.11 Å². The molecule has 0 aliphatic carbocycles. The van der Waals surface area contributed by atoms with Crippen LogP contribution in [0, 0.1) is 0 Å². The van der Waals surface area contributed by atoms with Crippen molar-refractivity contribution in [1.29, 1.82) is 0 Å². The average molecular weight is 455 g/mol. The molecule has 0 spiro atoms. The molecule has 2 aromatic rings. The smallest absolute Gasteiger partial charge is 0.133 e. The van der Waals surface area contributed by atoms with Crippen LogP contribution in [-0.4, -0.2) is 30.2 Å². The standard InChI is InChI=1S/C19H21Br2NO2/c1-24-18-12-14(2-7-17(18)21)13-22-10-8-19(23,9-11-22)15-3-5-16(20)6-4-15/h2-7,12,23H,8-11,13H2,1H3. The van der Waals surface area contributed by atoms with E-state index in [0.29, 0.717) is 0 Å². The van der Waals surface area contributed by atoms with Gasteiger partial charge in [0, 0.05) is 24.1 Å². The fraction of sp³-hybridized carbons (Fsp3) is 0.368. The Morgan fingerprint density at radius 3 is 2.38 bits per heavy atom. The fourth-order valence-electron chi connectivity index (χ4n) is 3.19. The summed E-state index contributed by atoms with van der Waals surface area (Å²) in [5.74, 6) is 0.857. The van der Waals surface area contributed by atoms with E-state index in [9.17, 15) is 5.11 Å². The molecule has 0 radical (unpaired) electrons. The number of likely N-dealkylation sites (tertiary alicyclic amines) is 1. The van der Waals surface area contributed by atoms with E-state index in [0.717, 1.165) is 52.7 Å². The van der Waals surface area contributed by atoms with Gasteiger partial charge in [-0.1, -0.05) is 34.1 Å². The quantitative estimate of drug-likeness (QED) is 0.726. The Bertz CT molecular complexity index is 695. The summed E-state index contributed by atoms with van der Waals surface area (Å²) in [4.78, 5) is 2.38. The lowest BCUT2D eigenvalue weighted by Crippen LogP contribution is -2.42. The summed E-state index contributed by atoms with van der Waals surface area (Å²) >= 11 is 6.93. The van der Waals surface area contributed by atoms with Crippen molar-refractivity contribution in [2.24, 2.45) is 0 Å². The summed E-state index contributed by atoms with van der Waals surface area (Å²) in [5.41, 5.74) is 1.52. The zero-order valence-electron chi connectivity index (χ0n) is 13.6. The van der Waals surface area contributed by atoms with E-state index in [2.05, 4.69) is 48.9 Å². The van der Waals surface area contributed by atoms with Crippen molar-refractivity contribution in [3.05, 3.63) is 62.5 Å². The third-order valence-electron chi connectivity index (χ3n) is 4.69. The van der Waals surface area contributed by atoms with E-state index in [1.807, 2.05) is 30.3 Å². The first-order chi connectivity index (χ1) is 11.5. The lowest BCUT2D eigenvalue weighted by atomic mass is 9.84. The SMILES string of the molecule is COc1cc(CN2CCC(O)(c3ccc(Br)cc3)CC2)ccc1Br. The molecule has 1 fully saturated rings. The highest BCUT2D eigenvalue weighted by Crippen LogP contribution is 2.34. The number of hydrogen-bond acceptors (Lipinski definition) is 3. The van der Waals surface area contributed by atoms with Crippen LogP contribution in [0.5, 0.6) is 5.75 Å². The van der Waals surface area contributed by atoms with Gasteiger partial charge in [-0.05, 0) is 64.2 Å². The average Bonchev–Trinajstić information content (AvgIpc) is 2.59. The molecular formula is C19H21Br2NO2. The van der Waals surface area contributed by atoms with Gasteiger partial charge in [0.15, 0.2) is 0 Å². The number of methoxy groups -OCH3 is 1. The van der Waals surface area contributed by atoms with Crippen LogP contribution < -0.4 is 4.74 Å². The maximum atomic E-state index is 11.0. The molecule has 5 heteroatoms. The van der Waals surface area contributed by atoms with Crippen LogP contribution >= 0.6 is 31.9 Å². The number of ether oxygens (including phenoxy) is 1. The van der Waals surface area contributed by atoms with Crippen molar-refractivity contribution < 1.29 is 9.84 Å². The Morgan fingerprint density at radius 1 is 1.08 bits per heavy atom. The van der Waals surface area contributed by atoms with Crippen LogP contribution in [0.2, 0.25) is 0 Å². The van der Waals surface area contributed by atoms with Crippen LogP contribution in [-0.2, 0) is 12.1 Å². The zero-order valence-corrected chi connectivity index (χ0v) is 16.8. The molecule has 3 rings (SSSR count). The molecule has 1 aliphatic rings. The maximum Gasteiger partial charge on any atom is 0.133 e. The number of aliphatic hydroxyl groups is 1. The van der Waals surface area contributed by atoms with E-state index in [4.69, 9.17) is 4.74 Å². The fourth-order valence-corrected chi connectivity index (χ4v) is 3.86. The van der Waals surface area contributed by atoms with Gasteiger partial charge in [-0.25, -0.2) is 0 Å². The zero-order chi connectivity index (χ0) is 17.2. The molecule has 0 saturated carbocycles. The maximum absolute atomic E-state index is 11.0. The number of halogens is 2. The normalized spacial score (nSPS) is 17.7. The summed E-state index contributed by atoms with van der Waals surface area (Å²) < 4.78 is 7.37. The minimum Gasteiger partial charge on any atom is -0.496 e. The first kappa shape index (κ1) is 17.9. The lowest BCUT2D eigenvalue weighted by Gasteiger charge is -2.38. The first-order valence-electron chi connectivity index (χ1n) is 8.03. The second kappa shape index (κ2) is 7.56. The Morgan fingerprint density at radius 2 is 1.75 bits per heavy atom. The van der Waals surface area contributed by atoms with Gasteiger partial charge in [-0.15, -0.1) is 0 Å². The van der Waals surface area contributed by atoms with Crippen molar-refractivity contribution in [2.45, 2.75) is 25.0 Å². The third kappa shape index (κ3) is 4.02. The second-order valence-corrected chi connectivity index (χ2v) is 8.05. The predicted octanol–water partition coefficient (Wildman–Crippen LogP) is 4.70. The van der Waals surface area contributed by atoms with Gasteiger partial charge in [0.25, 0.3) is 0 Å². The van der Waals surface area contributed by atoms with Crippen LogP contribution in [0.25, 0.3) is 0 Å². The molecule has 0 unspecified atom stereocenters. The van der Waals surface area contributed by atoms with Gasteiger partial charge in [0.2, 0.25) is 0 Å². The summed E-state index contributed by atoms with van der Waals surface area (Å²) in [6.07, 6.45) is 1.50. The summed E-state index contributed by atoms with van der Waals surface area (Å²) in [6, 6.07) is 14.2. The molecule has 1 saturated heterocycles. The molecule has 0 bridgehead atoms. The Hall–Kier alpha value is -0.880. The molecule has 0 aromatic heterocycles. The molecule has 1 N–H and O–H groups in total. The van der Waals surface area contributed by atoms with Gasteiger partial charge in [0.1, 0.15) is 5.75 Å². The largest absolute Gasteiger partial charge is 0.496 e. The topological polar surface area (TPSA) is 32.7 Å². The number of piperidine rings is 1. The van der Waals surface area contributed by atoms with Gasteiger partial charge in [-0.3, -0.25) is 4.90 Å². The Labute approximate surface area is 159 Å². The highest BCUT2D eigenvalue weighted by molar-refractivity contribution is 9.10. The van der Waals surface area contributed by atoms with Crippen LogP contribution in [0.1, 0.15) is 24.0 Å². The number of benzene rings is 2. The van der Waals surface area contributed by atoms with Crippen molar-refractivity contribution in [1.82, 2.24) is 4.90 Å². The molecule has 0 amide bonds. The monoisotopic (exact) mass is 453 g/mol. The molecule has 2 aromatic carbocycles. The Balaban J connectivity index is 1.63. The van der Waals surface area contributed by atoms with Crippen molar-refractivity contribution in [2.75, 3.05) is 20.2 Å². The van der Waals surface area contributed by atoms with Crippen LogP contribution in [0.4, 0.5) is 0 Å². The molecule has 1 heterocycles. The highest BCUT2D eigenvalue weighted by Gasteiger charge is 2.33. The minimum absolute atomic E-state index is 0.714. The van der Waals surface area contributed by atoms with Gasteiger partial charge >= 0.3 is 0 Å². The summed E-state index contributed by atoms with van der Waals surface area (Å²) in [5, 5.41) is 11.0. The van der Waals surface area contributed by atoms with Gasteiger partial charge in [0.05, 0.1) is 17.2 Å². The molecular weight excluding hydrogens is 434 g/mol. The molecule has 3 nitrogen and oxygen atoms in total. The molecule has 0 atom stereocenters. The summed E-state index contributed by atoms with van der Waals surface area (Å²) in [6.45, 7) is 2.63. The van der Waals surface area contributed by atoms with Crippen molar-refractivity contribution in [3.63, 3.8) is 0 Å².